The quantitative estimate of drug-likeness (QED) is 0.520. The van der Waals surface area contributed by atoms with E-state index in [-0.39, 0.29) is 5.56 Å². The summed E-state index contributed by atoms with van der Waals surface area (Å²) in [5, 5.41) is 1.03. The number of hydrogen-bond donors (Lipinski definition) is 0. The van der Waals surface area contributed by atoms with Crippen molar-refractivity contribution >= 4 is 38.5 Å². The second kappa shape index (κ2) is 9.81. The molecule has 2 aliphatic rings. The fourth-order valence-electron chi connectivity index (χ4n) is 5.14. The number of piperazine rings is 2. The molecule has 2 fully saturated rings. The second-order valence-corrected chi connectivity index (χ2v) is 9.60. The Labute approximate surface area is 204 Å². The zero-order valence-electron chi connectivity index (χ0n) is 20.1. The number of nitrogens with zero attached hydrogens (tertiary/aromatic N) is 6. The van der Waals surface area contributed by atoms with Gasteiger partial charge >= 0.3 is 0 Å². The summed E-state index contributed by atoms with van der Waals surface area (Å²) < 4.78 is 2.64. The Balaban J connectivity index is 0.00000126. The first-order valence-corrected chi connectivity index (χ1v) is 12.5. The van der Waals surface area contributed by atoms with E-state index in [1.165, 1.54) is 5.56 Å². The minimum atomic E-state index is -0.0174. The molecule has 2 aliphatic heterocycles. The SMILES string of the molecule is CC.Cc1cc(Br)cnc1N1CCN2C(C)CN(c3cc(=O)n(C)c4ncccc34)CC2C1. The Kier molecular flexibility index (Phi) is 7.05. The summed E-state index contributed by atoms with van der Waals surface area (Å²) in [4.78, 5) is 29.2. The number of hydrogen-bond acceptors (Lipinski definition) is 6. The van der Waals surface area contributed by atoms with Gasteiger partial charge in [-0.05, 0) is 53.5 Å². The number of aryl methyl sites for hydroxylation is 2. The molecule has 0 aromatic carbocycles. The summed E-state index contributed by atoms with van der Waals surface area (Å²) in [6, 6.07) is 8.70. The lowest BCUT2D eigenvalue weighted by molar-refractivity contribution is 0.108. The largest absolute Gasteiger partial charge is 0.368 e. The third kappa shape index (κ3) is 4.51. The Morgan fingerprint density at radius 3 is 2.58 bits per heavy atom. The molecule has 0 amide bonds. The van der Waals surface area contributed by atoms with Crippen molar-refractivity contribution in [3.8, 4) is 0 Å². The second-order valence-electron chi connectivity index (χ2n) is 8.69. The molecule has 7 nitrogen and oxygen atoms in total. The van der Waals surface area contributed by atoms with Crippen LogP contribution < -0.4 is 15.4 Å². The van der Waals surface area contributed by atoms with Crippen LogP contribution in [0.5, 0.6) is 0 Å². The molecule has 3 aromatic heterocycles. The van der Waals surface area contributed by atoms with Crippen LogP contribution in [0.4, 0.5) is 11.5 Å². The highest BCUT2D eigenvalue weighted by Gasteiger charge is 2.37. The molecule has 33 heavy (non-hydrogen) atoms. The van der Waals surface area contributed by atoms with Gasteiger partial charge in [0.1, 0.15) is 11.5 Å². The summed E-state index contributed by atoms with van der Waals surface area (Å²) >= 11 is 3.52. The molecule has 2 unspecified atom stereocenters. The first-order valence-electron chi connectivity index (χ1n) is 11.7. The van der Waals surface area contributed by atoms with Crippen molar-refractivity contribution in [1.29, 1.82) is 0 Å². The molecule has 2 atom stereocenters. The van der Waals surface area contributed by atoms with Crippen LogP contribution in [-0.2, 0) is 7.05 Å². The number of rotatable bonds is 2. The van der Waals surface area contributed by atoms with Crippen molar-refractivity contribution < 1.29 is 0 Å². The minimum Gasteiger partial charge on any atom is -0.368 e. The summed E-state index contributed by atoms with van der Waals surface area (Å²) in [6.07, 6.45) is 3.63. The highest BCUT2D eigenvalue weighted by molar-refractivity contribution is 9.10. The average Bonchev–Trinajstić information content (AvgIpc) is 2.82. The van der Waals surface area contributed by atoms with Crippen molar-refractivity contribution in [2.24, 2.45) is 7.05 Å². The minimum absolute atomic E-state index is 0.0174. The highest BCUT2D eigenvalue weighted by Crippen LogP contribution is 2.31. The summed E-state index contributed by atoms with van der Waals surface area (Å²) in [7, 11) is 1.79. The van der Waals surface area contributed by atoms with Gasteiger partial charge in [0, 0.05) is 80.2 Å². The Bertz CT molecular complexity index is 1200. The molecule has 0 aliphatic carbocycles. The van der Waals surface area contributed by atoms with Gasteiger partial charge in [-0.3, -0.25) is 14.3 Å². The van der Waals surface area contributed by atoms with Gasteiger partial charge in [-0.1, -0.05) is 13.8 Å². The molecule has 0 spiro atoms. The third-order valence-electron chi connectivity index (χ3n) is 6.64. The molecular formula is C25H33BrN6O. The molecule has 0 N–H and O–H groups in total. The molecule has 3 aromatic rings. The van der Waals surface area contributed by atoms with Crippen LogP contribution in [0, 0.1) is 6.92 Å². The lowest BCUT2D eigenvalue weighted by atomic mass is 10.0. The van der Waals surface area contributed by atoms with Crippen LogP contribution in [0.25, 0.3) is 11.0 Å². The Hall–Kier alpha value is -2.45. The molecule has 0 radical (unpaired) electrons. The maximum Gasteiger partial charge on any atom is 0.253 e. The van der Waals surface area contributed by atoms with Gasteiger partial charge in [-0.2, -0.15) is 0 Å². The van der Waals surface area contributed by atoms with Crippen molar-refractivity contribution in [2.45, 2.75) is 39.8 Å². The van der Waals surface area contributed by atoms with E-state index in [2.05, 4.69) is 61.6 Å². The zero-order valence-corrected chi connectivity index (χ0v) is 21.7. The molecule has 0 bridgehead atoms. The number of anilines is 2. The zero-order chi connectivity index (χ0) is 23.7. The first kappa shape index (κ1) is 23.7. The molecule has 5 heterocycles. The van der Waals surface area contributed by atoms with Gasteiger partial charge in [-0.15, -0.1) is 0 Å². The van der Waals surface area contributed by atoms with Gasteiger partial charge in [0.2, 0.25) is 0 Å². The van der Waals surface area contributed by atoms with E-state index in [1.54, 1.807) is 23.9 Å². The van der Waals surface area contributed by atoms with Crippen LogP contribution >= 0.6 is 15.9 Å². The third-order valence-corrected chi connectivity index (χ3v) is 7.07. The van der Waals surface area contributed by atoms with Crippen molar-refractivity contribution in [1.82, 2.24) is 19.4 Å². The molecular weight excluding hydrogens is 480 g/mol. The van der Waals surface area contributed by atoms with Crippen LogP contribution in [0.3, 0.4) is 0 Å². The van der Waals surface area contributed by atoms with Crippen LogP contribution in [-0.4, -0.2) is 64.2 Å². The van der Waals surface area contributed by atoms with Crippen molar-refractivity contribution in [3.05, 3.63) is 57.0 Å². The van der Waals surface area contributed by atoms with Crippen LogP contribution in [0.2, 0.25) is 0 Å². The maximum absolute atomic E-state index is 12.6. The van der Waals surface area contributed by atoms with Gasteiger partial charge < -0.3 is 9.80 Å². The molecule has 176 valence electrons. The lowest BCUT2D eigenvalue weighted by Crippen LogP contribution is -2.65. The number of fused-ring (bicyclic) bond motifs is 2. The maximum atomic E-state index is 12.6. The number of aromatic nitrogens is 3. The predicted molar refractivity (Wildman–Crippen MR) is 139 cm³/mol. The van der Waals surface area contributed by atoms with Gasteiger partial charge in [0.15, 0.2) is 0 Å². The predicted octanol–water partition coefficient (Wildman–Crippen LogP) is 3.82. The fourth-order valence-corrected chi connectivity index (χ4v) is 5.59. The van der Waals surface area contributed by atoms with E-state index < -0.39 is 0 Å². The van der Waals surface area contributed by atoms with E-state index in [4.69, 9.17) is 4.98 Å². The lowest BCUT2D eigenvalue weighted by Gasteiger charge is -2.51. The van der Waals surface area contributed by atoms with E-state index >= 15 is 0 Å². The molecule has 2 saturated heterocycles. The van der Waals surface area contributed by atoms with Gasteiger partial charge in [0.05, 0.1) is 5.69 Å². The van der Waals surface area contributed by atoms with Gasteiger partial charge in [0.25, 0.3) is 5.56 Å². The molecule has 5 rings (SSSR count). The summed E-state index contributed by atoms with van der Waals surface area (Å²) in [5.74, 6) is 1.07. The van der Waals surface area contributed by atoms with Crippen LogP contribution in [0.15, 0.2) is 45.9 Å². The first-order chi connectivity index (χ1) is 15.9. The smallest absolute Gasteiger partial charge is 0.253 e. The van der Waals surface area contributed by atoms with Crippen molar-refractivity contribution in [3.63, 3.8) is 0 Å². The Morgan fingerprint density at radius 2 is 1.82 bits per heavy atom. The summed E-state index contributed by atoms with van der Waals surface area (Å²) in [5.41, 5.74) is 2.90. The van der Waals surface area contributed by atoms with E-state index in [0.29, 0.717) is 12.1 Å². The van der Waals surface area contributed by atoms with E-state index in [9.17, 15) is 4.79 Å². The number of halogens is 1. The van der Waals surface area contributed by atoms with Gasteiger partial charge in [-0.25, -0.2) is 9.97 Å². The monoisotopic (exact) mass is 512 g/mol. The Morgan fingerprint density at radius 1 is 1.06 bits per heavy atom. The molecule has 8 heteroatoms. The average molecular weight is 513 g/mol. The summed E-state index contributed by atoms with van der Waals surface area (Å²) in [6.45, 7) is 13.1. The fraction of sp³-hybridized carbons (Fsp3) is 0.480. The normalized spacial score (nSPS) is 20.9. The van der Waals surface area contributed by atoms with Crippen molar-refractivity contribution in [2.75, 3.05) is 42.5 Å². The topological polar surface area (TPSA) is 57.5 Å². The van der Waals surface area contributed by atoms with Crippen LogP contribution in [0.1, 0.15) is 26.3 Å². The molecule has 0 saturated carbocycles. The van der Waals surface area contributed by atoms with E-state index in [0.717, 1.165) is 59.7 Å². The standard InChI is InChI=1S/C23H27BrN6O.C2H6/c1-15-9-17(24)11-26-22(15)28-7-8-30-16(2)12-29(14-18(30)13-28)20-10-21(31)27(3)23-19(20)5-4-6-25-23;1-2/h4-6,9-11,16,18H,7-8,12-14H2,1-3H3;1-2H3. The highest BCUT2D eigenvalue weighted by atomic mass is 79.9. The van der Waals surface area contributed by atoms with E-state index in [1.807, 2.05) is 26.1 Å². The number of pyridine rings is 3.